The summed E-state index contributed by atoms with van der Waals surface area (Å²) < 4.78 is 34.7. The molecule has 4 atom stereocenters. The molecule has 2 aromatic rings. The van der Waals surface area contributed by atoms with E-state index in [1.165, 1.54) is 33.4 Å². The topological polar surface area (TPSA) is 62.0 Å². The van der Waals surface area contributed by atoms with Gasteiger partial charge in [-0.15, -0.1) is 0 Å². The number of ether oxygens (including phenoxy) is 6. The summed E-state index contributed by atoms with van der Waals surface area (Å²) in [6.07, 6.45) is 5.55. The second-order valence-corrected chi connectivity index (χ2v) is 10.3. The average molecular weight is 527 g/mol. The quantitative estimate of drug-likeness (QED) is 0.186. The molecule has 38 heavy (non-hydrogen) atoms. The zero-order valence-corrected chi connectivity index (χ0v) is 24.1. The molecule has 0 aliphatic carbocycles. The average Bonchev–Trinajstić information content (AvgIpc) is 3.85. The number of rotatable bonds is 17. The first-order valence-electron chi connectivity index (χ1n) is 14.5. The molecule has 2 aliphatic heterocycles. The van der Waals surface area contributed by atoms with Crippen molar-refractivity contribution in [3.05, 3.63) is 57.6 Å². The zero-order valence-electron chi connectivity index (χ0n) is 24.1. The lowest BCUT2D eigenvalue weighted by molar-refractivity contribution is -0.0719. The molecule has 4 unspecified atom stereocenters. The number of aryl methyl sites for hydroxylation is 6. The van der Waals surface area contributed by atoms with E-state index in [1.807, 2.05) is 13.8 Å². The van der Waals surface area contributed by atoms with Crippen LogP contribution in [0, 0.1) is 0 Å². The van der Waals surface area contributed by atoms with E-state index in [2.05, 4.69) is 52.0 Å². The lowest BCUT2D eigenvalue weighted by atomic mass is 9.94. The van der Waals surface area contributed by atoms with Crippen LogP contribution in [0.2, 0.25) is 0 Å². The van der Waals surface area contributed by atoms with Gasteiger partial charge in [-0.05, 0) is 85.8 Å². The van der Waals surface area contributed by atoms with Crippen molar-refractivity contribution in [3.63, 3.8) is 0 Å². The first-order valence-corrected chi connectivity index (χ1v) is 14.5. The molecule has 2 fully saturated rings. The second-order valence-electron chi connectivity index (χ2n) is 10.3. The van der Waals surface area contributed by atoms with Gasteiger partial charge in [-0.1, -0.05) is 52.0 Å². The van der Waals surface area contributed by atoms with Crippen LogP contribution >= 0.6 is 0 Å². The van der Waals surface area contributed by atoms with Crippen LogP contribution in [0.4, 0.5) is 0 Å². The fraction of sp³-hybridized carbons (Fsp3) is 0.625. The third-order valence-corrected chi connectivity index (χ3v) is 7.24. The Hall–Kier alpha value is -2.12. The summed E-state index contributed by atoms with van der Waals surface area (Å²) in [7, 11) is 0. The Morgan fingerprint density at radius 1 is 0.632 bits per heavy atom. The minimum atomic E-state index is -0.295. The molecule has 0 spiro atoms. The van der Waals surface area contributed by atoms with Crippen molar-refractivity contribution in [3.8, 4) is 11.5 Å². The first kappa shape index (κ1) is 28.9. The van der Waals surface area contributed by atoms with E-state index in [-0.39, 0.29) is 24.8 Å². The Morgan fingerprint density at radius 3 is 1.21 bits per heavy atom. The van der Waals surface area contributed by atoms with Gasteiger partial charge in [0.1, 0.15) is 23.7 Å². The molecule has 2 saturated heterocycles. The standard InChI is InChI=1S/C32H46O6/c1-7-25-13-23(14-26(8-2)31(25)37-21(5)33-17-29-19-35-29)11-12-24-15-27(9-3)32(28(10-4)16-24)38-22(6)34-18-30-20-36-30/h13-16,21-22,29-30H,7-12,17-20H2,1-6H3. The first-order chi connectivity index (χ1) is 18.4. The van der Waals surface area contributed by atoms with E-state index in [9.17, 15) is 0 Å². The maximum atomic E-state index is 6.28. The Kier molecular flexibility index (Phi) is 10.5. The van der Waals surface area contributed by atoms with Crippen molar-refractivity contribution in [2.24, 2.45) is 0 Å². The summed E-state index contributed by atoms with van der Waals surface area (Å²) in [4.78, 5) is 0. The van der Waals surface area contributed by atoms with E-state index in [1.54, 1.807) is 0 Å². The molecule has 4 rings (SSSR count). The van der Waals surface area contributed by atoms with Gasteiger partial charge in [-0.2, -0.15) is 0 Å². The SMILES string of the molecule is CCc1cc(CCc2cc(CC)c(OC(C)OCC3CO3)c(CC)c2)cc(CC)c1OC(C)OCC1CO1. The maximum absolute atomic E-state index is 6.28. The fourth-order valence-electron chi connectivity index (χ4n) is 4.80. The summed E-state index contributed by atoms with van der Waals surface area (Å²) in [5.41, 5.74) is 7.69. The van der Waals surface area contributed by atoms with Crippen LogP contribution in [-0.2, 0) is 57.5 Å². The second kappa shape index (κ2) is 13.8. The zero-order chi connectivity index (χ0) is 27.1. The van der Waals surface area contributed by atoms with E-state index in [0.717, 1.165) is 63.2 Å². The Labute approximate surface area is 228 Å². The van der Waals surface area contributed by atoms with Gasteiger partial charge >= 0.3 is 0 Å². The van der Waals surface area contributed by atoms with Gasteiger partial charge in [0.15, 0.2) is 12.6 Å². The van der Waals surface area contributed by atoms with Gasteiger partial charge in [-0.3, -0.25) is 0 Å². The van der Waals surface area contributed by atoms with E-state index < -0.39 is 0 Å². The molecule has 6 heteroatoms. The van der Waals surface area contributed by atoms with Crippen molar-refractivity contribution in [1.82, 2.24) is 0 Å². The Morgan fingerprint density at radius 2 is 0.947 bits per heavy atom. The molecule has 0 radical (unpaired) electrons. The molecule has 2 aromatic carbocycles. The normalized spacial score (nSPS) is 19.7. The van der Waals surface area contributed by atoms with Crippen LogP contribution in [-0.4, -0.2) is 51.2 Å². The van der Waals surface area contributed by atoms with E-state index >= 15 is 0 Å². The molecule has 0 N–H and O–H groups in total. The molecule has 0 amide bonds. The predicted octanol–water partition coefficient (Wildman–Crippen LogP) is 6.00. The van der Waals surface area contributed by atoms with Gasteiger partial charge in [-0.25, -0.2) is 0 Å². The number of benzene rings is 2. The van der Waals surface area contributed by atoms with Gasteiger partial charge in [0.25, 0.3) is 0 Å². The van der Waals surface area contributed by atoms with Crippen molar-refractivity contribution in [2.75, 3.05) is 26.4 Å². The summed E-state index contributed by atoms with van der Waals surface area (Å²) in [5, 5.41) is 0. The number of hydrogen-bond acceptors (Lipinski definition) is 6. The van der Waals surface area contributed by atoms with Gasteiger partial charge in [0, 0.05) is 0 Å². The monoisotopic (exact) mass is 526 g/mol. The molecule has 2 aliphatic rings. The summed E-state index contributed by atoms with van der Waals surface area (Å²) in [6.45, 7) is 15.5. The van der Waals surface area contributed by atoms with Crippen LogP contribution in [0.3, 0.4) is 0 Å². The van der Waals surface area contributed by atoms with Crippen LogP contribution in [0.5, 0.6) is 11.5 Å². The largest absolute Gasteiger partial charge is 0.465 e. The van der Waals surface area contributed by atoms with Gasteiger partial charge in [0.2, 0.25) is 0 Å². The highest BCUT2D eigenvalue weighted by molar-refractivity contribution is 5.47. The predicted molar refractivity (Wildman–Crippen MR) is 149 cm³/mol. The van der Waals surface area contributed by atoms with E-state index in [4.69, 9.17) is 28.4 Å². The van der Waals surface area contributed by atoms with Crippen molar-refractivity contribution in [1.29, 1.82) is 0 Å². The Bertz CT molecular complexity index is 909. The molecule has 0 bridgehead atoms. The molecule has 0 aromatic heterocycles. The van der Waals surface area contributed by atoms with Gasteiger partial charge < -0.3 is 28.4 Å². The molecule has 0 saturated carbocycles. The van der Waals surface area contributed by atoms with Crippen molar-refractivity contribution >= 4 is 0 Å². The summed E-state index contributed by atoms with van der Waals surface area (Å²) in [5.74, 6) is 1.96. The molecule has 2 heterocycles. The van der Waals surface area contributed by atoms with Crippen LogP contribution < -0.4 is 9.47 Å². The summed E-state index contributed by atoms with van der Waals surface area (Å²) in [6, 6.07) is 9.25. The Balaban J connectivity index is 1.44. The highest BCUT2D eigenvalue weighted by atomic mass is 16.7. The number of epoxide rings is 2. The van der Waals surface area contributed by atoms with Crippen LogP contribution in [0.15, 0.2) is 24.3 Å². The molecular formula is C32H46O6. The van der Waals surface area contributed by atoms with Gasteiger partial charge in [0.05, 0.1) is 26.4 Å². The third-order valence-electron chi connectivity index (χ3n) is 7.24. The van der Waals surface area contributed by atoms with E-state index in [0.29, 0.717) is 13.2 Å². The van der Waals surface area contributed by atoms with Crippen molar-refractivity contribution < 1.29 is 28.4 Å². The molecule has 6 nitrogen and oxygen atoms in total. The minimum Gasteiger partial charge on any atom is -0.465 e. The maximum Gasteiger partial charge on any atom is 0.197 e. The number of hydrogen-bond donors (Lipinski definition) is 0. The smallest absolute Gasteiger partial charge is 0.197 e. The highest BCUT2D eigenvalue weighted by Crippen LogP contribution is 2.32. The van der Waals surface area contributed by atoms with Crippen LogP contribution in [0.1, 0.15) is 74.9 Å². The van der Waals surface area contributed by atoms with Crippen molar-refractivity contribution in [2.45, 2.75) is 105 Å². The lowest BCUT2D eigenvalue weighted by Gasteiger charge is -2.22. The molecule has 210 valence electrons. The lowest BCUT2D eigenvalue weighted by Crippen LogP contribution is -2.20. The fourth-order valence-corrected chi connectivity index (χ4v) is 4.80. The molecular weight excluding hydrogens is 480 g/mol. The third kappa shape index (κ3) is 8.19. The highest BCUT2D eigenvalue weighted by Gasteiger charge is 2.25. The van der Waals surface area contributed by atoms with Crippen LogP contribution in [0.25, 0.3) is 0 Å². The summed E-state index contributed by atoms with van der Waals surface area (Å²) >= 11 is 0. The minimum absolute atomic E-state index is 0.237.